The fourth-order valence-corrected chi connectivity index (χ4v) is 9.52. The Kier molecular flexibility index (Phi) is 21.6. The van der Waals surface area contributed by atoms with E-state index in [1.54, 1.807) is 0 Å². The molecular formula is C27H56NO8S2+. The number of unbranched alkanes of at least 4 members (excludes halogenated alkanes) is 16. The van der Waals surface area contributed by atoms with Gasteiger partial charge in [0.25, 0.3) is 0 Å². The number of sulfonamides is 2. The van der Waals surface area contributed by atoms with Crippen molar-refractivity contribution < 1.29 is 40.2 Å². The Bertz CT molecular complexity index is 764. The van der Waals surface area contributed by atoms with Crippen LogP contribution >= 0.6 is 0 Å². The summed E-state index contributed by atoms with van der Waals surface area (Å²) < 4.78 is 51.3. The van der Waals surface area contributed by atoms with Crippen LogP contribution in [0.3, 0.4) is 0 Å². The van der Waals surface area contributed by atoms with Crippen molar-refractivity contribution in [2.24, 2.45) is 0 Å². The molecule has 0 amide bonds. The number of rotatable bonds is 28. The number of carboxylic acids is 1. The van der Waals surface area contributed by atoms with Crippen molar-refractivity contribution in [1.82, 2.24) is 0 Å². The highest BCUT2D eigenvalue weighted by atomic mass is 32.3. The number of carboxylic acid groups (broad SMARTS) is 1. The molecule has 0 aliphatic carbocycles. The lowest BCUT2D eigenvalue weighted by atomic mass is 10.0. The van der Waals surface area contributed by atoms with Crippen molar-refractivity contribution in [1.29, 1.82) is 0 Å². The van der Waals surface area contributed by atoms with Crippen LogP contribution in [0.15, 0.2) is 0 Å². The summed E-state index contributed by atoms with van der Waals surface area (Å²) in [7, 11) is -8.59. The van der Waals surface area contributed by atoms with Crippen LogP contribution in [0.4, 0.5) is 0 Å². The number of aliphatic hydroxyl groups excluding tert-OH is 2. The van der Waals surface area contributed by atoms with E-state index >= 15 is 0 Å². The Morgan fingerprint density at radius 3 is 1.18 bits per heavy atom. The zero-order valence-corrected chi connectivity index (χ0v) is 25.5. The van der Waals surface area contributed by atoms with E-state index in [1.165, 1.54) is 70.6 Å². The summed E-state index contributed by atoms with van der Waals surface area (Å²) in [6.45, 7) is 0.392. The lowest BCUT2D eigenvalue weighted by Gasteiger charge is -2.35. The molecule has 38 heavy (non-hydrogen) atoms. The summed E-state index contributed by atoms with van der Waals surface area (Å²) in [6.07, 6.45) is 18.5. The number of aliphatic hydroxyl groups is 2. The quantitative estimate of drug-likeness (QED) is 0.0861. The molecule has 0 saturated carbocycles. The molecule has 0 bridgehead atoms. The first-order valence-electron chi connectivity index (χ1n) is 14.9. The summed E-state index contributed by atoms with van der Waals surface area (Å²) >= 11 is 0. The number of carbonyl (C=O) groups is 1. The number of aliphatic carboxylic acids is 1. The molecule has 0 rings (SSSR count). The van der Waals surface area contributed by atoms with Crippen LogP contribution in [0, 0.1) is 0 Å². The van der Waals surface area contributed by atoms with Gasteiger partial charge < -0.3 is 15.3 Å². The van der Waals surface area contributed by atoms with E-state index in [9.17, 15) is 31.8 Å². The van der Waals surface area contributed by atoms with E-state index in [1.807, 2.05) is 0 Å². The minimum absolute atomic E-state index is 0.0977. The number of nitrogens with zero attached hydrogens (tertiary/aromatic N) is 1. The molecule has 0 aliphatic heterocycles. The topological polar surface area (TPSA) is 146 Å². The third kappa shape index (κ3) is 15.1. The average Bonchev–Trinajstić information content (AvgIpc) is 2.84. The van der Waals surface area contributed by atoms with Gasteiger partial charge in [-0.1, -0.05) is 96.8 Å². The monoisotopic (exact) mass is 586 g/mol. The lowest BCUT2D eigenvalue weighted by Crippen LogP contribution is -2.59. The van der Waals surface area contributed by atoms with Crippen LogP contribution in [0.5, 0.6) is 0 Å². The van der Waals surface area contributed by atoms with E-state index < -0.39 is 54.0 Å². The van der Waals surface area contributed by atoms with Crippen LogP contribution in [-0.2, 0) is 24.8 Å². The summed E-state index contributed by atoms with van der Waals surface area (Å²) in [5.41, 5.74) is 0. The van der Waals surface area contributed by atoms with Crippen LogP contribution in [0.1, 0.15) is 129 Å². The van der Waals surface area contributed by atoms with Crippen molar-refractivity contribution in [3.05, 3.63) is 0 Å². The summed E-state index contributed by atoms with van der Waals surface area (Å²) in [5.74, 6) is -2.43. The van der Waals surface area contributed by atoms with Crippen LogP contribution in [0.2, 0.25) is 0 Å². The zero-order valence-electron chi connectivity index (χ0n) is 23.8. The second kappa shape index (κ2) is 22.0. The molecule has 0 fully saturated rings. The van der Waals surface area contributed by atoms with E-state index in [0.29, 0.717) is 12.8 Å². The summed E-state index contributed by atoms with van der Waals surface area (Å²) in [4.78, 5) is 10.9. The van der Waals surface area contributed by atoms with Crippen molar-refractivity contribution in [3.8, 4) is 0 Å². The Hall–Kier alpha value is -0.750. The SMILES string of the molecule is CCCCCCCCCCCCCCCCCC[N+](CCCCC(=O)O)(S(=O)(=O)CCO)S(=O)(=O)CCO. The Morgan fingerprint density at radius 2 is 0.868 bits per heavy atom. The molecule has 0 saturated heterocycles. The van der Waals surface area contributed by atoms with Gasteiger partial charge in [-0.2, -0.15) is 16.8 Å². The molecule has 0 aliphatic rings. The number of hydrogen-bond acceptors (Lipinski definition) is 7. The first-order valence-corrected chi connectivity index (χ1v) is 18.1. The van der Waals surface area contributed by atoms with E-state index in [0.717, 1.165) is 19.3 Å². The third-order valence-electron chi connectivity index (χ3n) is 7.20. The van der Waals surface area contributed by atoms with E-state index in [2.05, 4.69) is 6.92 Å². The second-order valence-corrected chi connectivity index (χ2v) is 15.2. The number of hydrogen-bond donors (Lipinski definition) is 3. The molecule has 11 heteroatoms. The average molecular weight is 587 g/mol. The molecular weight excluding hydrogens is 530 g/mol. The zero-order chi connectivity index (χ0) is 28.8. The molecule has 3 N–H and O–H groups in total. The number of quaternary nitrogens is 1. The highest BCUT2D eigenvalue weighted by Gasteiger charge is 2.51. The Balaban J connectivity index is 4.61. The van der Waals surface area contributed by atoms with Gasteiger partial charge in [-0.15, -0.1) is 3.29 Å². The van der Waals surface area contributed by atoms with Crippen LogP contribution in [0.25, 0.3) is 0 Å². The minimum Gasteiger partial charge on any atom is -0.481 e. The molecule has 0 unspecified atom stereocenters. The highest BCUT2D eigenvalue weighted by Crippen LogP contribution is 2.27. The van der Waals surface area contributed by atoms with Gasteiger partial charge in [0.15, 0.2) is 0 Å². The molecule has 0 atom stereocenters. The van der Waals surface area contributed by atoms with Crippen molar-refractivity contribution >= 4 is 26.0 Å². The predicted octanol–water partition coefficient (Wildman–Crippen LogP) is 4.96. The molecule has 0 heterocycles. The maximum Gasteiger partial charge on any atom is 0.313 e. The second-order valence-electron chi connectivity index (χ2n) is 10.4. The molecule has 0 aromatic carbocycles. The summed E-state index contributed by atoms with van der Waals surface area (Å²) in [6, 6.07) is 0. The fourth-order valence-electron chi connectivity index (χ4n) is 4.93. The molecule has 0 spiro atoms. The van der Waals surface area contributed by atoms with Crippen molar-refractivity contribution in [3.63, 3.8) is 0 Å². The van der Waals surface area contributed by atoms with Crippen molar-refractivity contribution in [2.75, 3.05) is 37.8 Å². The van der Waals surface area contributed by atoms with Gasteiger partial charge >= 0.3 is 26.0 Å². The molecule has 0 radical (unpaired) electrons. The fraction of sp³-hybridized carbons (Fsp3) is 0.963. The molecule has 228 valence electrons. The van der Waals surface area contributed by atoms with Crippen LogP contribution in [-0.4, -0.2) is 79.2 Å². The first-order chi connectivity index (χ1) is 18.1. The molecule has 0 aromatic rings. The third-order valence-corrected chi connectivity index (χ3v) is 12.7. The predicted molar refractivity (Wildman–Crippen MR) is 153 cm³/mol. The Morgan fingerprint density at radius 1 is 0.553 bits per heavy atom. The van der Waals surface area contributed by atoms with Gasteiger partial charge in [-0.05, 0) is 25.7 Å². The molecule has 9 nitrogen and oxygen atoms in total. The van der Waals surface area contributed by atoms with Gasteiger partial charge in [-0.3, -0.25) is 4.79 Å². The van der Waals surface area contributed by atoms with Gasteiger partial charge in [0.2, 0.25) is 0 Å². The van der Waals surface area contributed by atoms with Gasteiger partial charge in [-0.25, -0.2) is 0 Å². The normalized spacial score (nSPS) is 12.7. The smallest absolute Gasteiger partial charge is 0.313 e. The Labute approximate surface area is 232 Å². The van der Waals surface area contributed by atoms with Crippen molar-refractivity contribution in [2.45, 2.75) is 129 Å². The minimum atomic E-state index is -4.29. The summed E-state index contributed by atoms with van der Waals surface area (Å²) in [5, 5.41) is 27.5. The van der Waals surface area contributed by atoms with Gasteiger partial charge in [0, 0.05) is 6.42 Å². The first kappa shape index (κ1) is 37.2. The van der Waals surface area contributed by atoms with E-state index in [4.69, 9.17) is 5.11 Å². The van der Waals surface area contributed by atoms with Gasteiger partial charge in [0.1, 0.15) is 24.6 Å². The largest absolute Gasteiger partial charge is 0.481 e. The maximum atomic E-state index is 13.1. The lowest BCUT2D eigenvalue weighted by molar-refractivity contribution is -0.674. The maximum absolute atomic E-state index is 13.1. The standard InChI is InChI=1S/C27H55NO8S2/c1-2-3-4-5-6-7-8-9-10-11-12-13-14-15-16-18-21-28(37(33,34)25-23-29,38(35,36)26-24-30)22-19-17-20-27(31)32/h29-30H,2-26H2,1H3/p+1. The van der Waals surface area contributed by atoms with Gasteiger partial charge in [0.05, 0.1) is 13.2 Å². The molecule has 0 aromatic heterocycles. The highest BCUT2D eigenvalue weighted by molar-refractivity contribution is 7.98. The van der Waals surface area contributed by atoms with Crippen LogP contribution < -0.4 is 0 Å². The van der Waals surface area contributed by atoms with E-state index in [-0.39, 0.29) is 32.4 Å².